The number of rotatable bonds is 5. The lowest BCUT2D eigenvalue weighted by atomic mass is 10.1. The first-order chi connectivity index (χ1) is 12.5. The van der Waals surface area contributed by atoms with Crippen molar-refractivity contribution in [3.8, 4) is 5.69 Å². The summed E-state index contributed by atoms with van der Waals surface area (Å²) in [6.45, 7) is 3.84. The number of hydrogen-bond acceptors (Lipinski definition) is 4. The van der Waals surface area contributed by atoms with Crippen molar-refractivity contribution in [1.29, 1.82) is 0 Å². The fourth-order valence-corrected chi connectivity index (χ4v) is 2.77. The van der Waals surface area contributed by atoms with Crippen molar-refractivity contribution in [1.82, 2.24) is 14.9 Å². The minimum atomic E-state index is -0.483. The largest absolute Gasteiger partial charge is 0.348 e. The van der Waals surface area contributed by atoms with E-state index in [0.717, 1.165) is 17.1 Å². The lowest BCUT2D eigenvalue weighted by Gasteiger charge is -2.09. The van der Waals surface area contributed by atoms with Gasteiger partial charge >= 0.3 is 0 Å². The molecule has 0 aliphatic carbocycles. The van der Waals surface area contributed by atoms with E-state index in [1.165, 1.54) is 12.1 Å². The molecule has 0 spiro atoms. The normalized spacial score (nSPS) is 10.5. The van der Waals surface area contributed by atoms with E-state index in [0.29, 0.717) is 17.7 Å². The summed E-state index contributed by atoms with van der Waals surface area (Å²) in [5, 5.41) is 13.8. The Morgan fingerprint density at radius 3 is 2.54 bits per heavy atom. The second-order valence-electron chi connectivity index (χ2n) is 5.90. The Morgan fingerprint density at radius 2 is 1.92 bits per heavy atom. The van der Waals surface area contributed by atoms with Crippen LogP contribution in [0.5, 0.6) is 0 Å². The number of amides is 1. The summed E-state index contributed by atoms with van der Waals surface area (Å²) >= 11 is 0. The molecular formula is C19H18N4O3. The Kier molecular flexibility index (Phi) is 4.79. The Labute approximate surface area is 150 Å². The number of benzene rings is 2. The number of nitro groups is 1. The van der Waals surface area contributed by atoms with Gasteiger partial charge in [0.25, 0.3) is 11.6 Å². The number of hydrogen-bond donors (Lipinski definition) is 1. The number of carbonyl (C=O) groups is 1. The van der Waals surface area contributed by atoms with Crippen molar-refractivity contribution in [2.75, 3.05) is 0 Å². The van der Waals surface area contributed by atoms with Gasteiger partial charge in [-0.1, -0.05) is 18.2 Å². The highest BCUT2D eigenvalue weighted by atomic mass is 16.6. The molecule has 1 aromatic heterocycles. The van der Waals surface area contributed by atoms with Crippen LogP contribution in [0.25, 0.3) is 5.69 Å². The van der Waals surface area contributed by atoms with Crippen LogP contribution in [-0.2, 0) is 6.54 Å². The van der Waals surface area contributed by atoms with Crippen LogP contribution in [0.2, 0.25) is 0 Å². The molecule has 1 amide bonds. The standard InChI is InChI=1S/C19H18N4O3/c1-13-17(4-3-5-18(13)23(25)26)19(24)21-12-15-6-8-16(9-7-15)22-11-10-20-14(22)2/h3-11H,12H2,1-2H3,(H,21,24). The molecular weight excluding hydrogens is 332 g/mol. The summed E-state index contributed by atoms with van der Waals surface area (Å²) in [5.74, 6) is 0.563. The van der Waals surface area contributed by atoms with Gasteiger partial charge in [-0.2, -0.15) is 0 Å². The van der Waals surface area contributed by atoms with Crippen LogP contribution in [0.15, 0.2) is 54.9 Å². The summed E-state index contributed by atoms with van der Waals surface area (Å²) in [6.07, 6.45) is 3.63. The third kappa shape index (κ3) is 3.46. The Balaban J connectivity index is 1.70. The Hall–Kier alpha value is -3.48. The first-order valence-corrected chi connectivity index (χ1v) is 8.09. The van der Waals surface area contributed by atoms with Crippen molar-refractivity contribution in [3.63, 3.8) is 0 Å². The summed E-state index contributed by atoms with van der Waals surface area (Å²) < 4.78 is 1.97. The molecule has 2 aromatic carbocycles. The van der Waals surface area contributed by atoms with Crippen molar-refractivity contribution in [2.45, 2.75) is 20.4 Å². The SMILES string of the molecule is Cc1c(C(=O)NCc2ccc(-n3ccnc3C)cc2)cccc1[N+](=O)[O-]. The fourth-order valence-electron chi connectivity index (χ4n) is 2.77. The van der Waals surface area contributed by atoms with Gasteiger partial charge in [0.1, 0.15) is 5.82 Å². The molecule has 1 heterocycles. The van der Waals surface area contributed by atoms with E-state index in [1.807, 2.05) is 42.0 Å². The monoisotopic (exact) mass is 350 g/mol. The smallest absolute Gasteiger partial charge is 0.273 e. The zero-order valence-electron chi connectivity index (χ0n) is 14.5. The number of aryl methyl sites for hydroxylation is 1. The van der Waals surface area contributed by atoms with Crippen LogP contribution in [0, 0.1) is 24.0 Å². The van der Waals surface area contributed by atoms with Crippen molar-refractivity contribution in [3.05, 3.63) is 87.5 Å². The predicted octanol–water partition coefficient (Wildman–Crippen LogP) is 3.33. The Bertz CT molecular complexity index is 961. The average Bonchev–Trinajstić information content (AvgIpc) is 3.06. The quantitative estimate of drug-likeness (QED) is 0.564. The van der Waals surface area contributed by atoms with Crippen molar-refractivity contribution >= 4 is 11.6 Å². The Morgan fingerprint density at radius 1 is 1.19 bits per heavy atom. The van der Waals surface area contributed by atoms with E-state index in [-0.39, 0.29) is 11.6 Å². The van der Waals surface area contributed by atoms with Gasteiger partial charge in [-0.3, -0.25) is 14.9 Å². The molecule has 0 atom stereocenters. The maximum absolute atomic E-state index is 12.4. The maximum atomic E-state index is 12.4. The van der Waals surface area contributed by atoms with Crippen molar-refractivity contribution < 1.29 is 9.72 Å². The van der Waals surface area contributed by atoms with Gasteiger partial charge in [0.2, 0.25) is 0 Å². The molecule has 0 saturated carbocycles. The van der Waals surface area contributed by atoms with E-state index in [1.54, 1.807) is 19.2 Å². The minimum Gasteiger partial charge on any atom is -0.348 e. The number of nitrogens with one attached hydrogen (secondary N) is 1. The zero-order chi connectivity index (χ0) is 18.7. The van der Waals surface area contributed by atoms with E-state index in [9.17, 15) is 14.9 Å². The molecule has 3 aromatic rings. The maximum Gasteiger partial charge on any atom is 0.273 e. The summed E-state index contributed by atoms with van der Waals surface area (Å²) in [6, 6.07) is 12.3. The minimum absolute atomic E-state index is 0.0577. The lowest BCUT2D eigenvalue weighted by molar-refractivity contribution is -0.385. The number of nitrogens with zero attached hydrogens (tertiary/aromatic N) is 3. The zero-order valence-corrected chi connectivity index (χ0v) is 14.5. The first kappa shape index (κ1) is 17.3. The van der Waals surface area contributed by atoms with Gasteiger partial charge in [0.05, 0.1) is 4.92 Å². The van der Waals surface area contributed by atoms with Gasteiger partial charge in [-0.05, 0) is 37.6 Å². The van der Waals surface area contributed by atoms with E-state index >= 15 is 0 Å². The fraction of sp³-hybridized carbons (Fsp3) is 0.158. The van der Waals surface area contributed by atoms with Gasteiger partial charge in [0, 0.05) is 41.8 Å². The first-order valence-electron chi connectivity index (χ1n) is 8.09. The average molecular weight is 350 g/mol. The second-order valence-corrected chi connectivity index (χ2v) is 5.90. The number of imidazole rings is 1. The molecule has 0 aliphatic heterocycles. The second kappa shape index (κ2) is 7.18. The third-order valence-corrected chi connectivity index (χ3v) is 4.24. The van der Waals surface area contributed by atoms with Crippen LogP contribution in [0.4, 0.5) is 5.69 Å². The van der Waals surface area contributed by atoms with Gasteiger partial charge in [0.15, 0.2) is 0 Å². The van der Waals surface area contributed by atoms with Crippen LogP contribution < -0.4 is 5.32 Å². The van der Waals surface area contributed by atoms with E-state index in [2.05, 4.69) is 10.3 Å². The van der Waals surface area contributed by atoms with Gasteiger partial charge in [-0.25, -0.2) is 4.98 Å². The van der Waals surface area contributed by atoms with Gasteiger partial charge in [-0.15, -0.1) is 0 Å². The third-order valence-electron chi connectivity index (χ3n) is 4.24. The molecule has 0 unspecified atom stereocenters. The molecule has 7 nitrogen and oxygen atoms in total. The molecule has 0 aliphatic rings. The van der Waals surface area contributed by atoms with Crippen LogP contribution in [0.3, 0.4) is 0 Å². The van der Waals surface area contributed by atoms with E-state index < -0.39 is 4.92 Å². The molecule has 0 radical (unpaired) electrons. The van der Waals surface area contributed by atoms with E-state index in [4.69, 9.17) is 0 Å². The summed E-state index contributed by atoms with van der Waals surface area (Å²) in [7, 11) is 0. The molecule has 0 saturated heterocycles. The van der Waals surface area contributed by atoms with Gasteiger partial charge < -0.3 is 9.88 Å². The summed E-state index contributed by atoms with van der Waals surface area (Å²) in [4.78, 5) is 27.1. The molecule has 0 bridgehead atoms. The number of nitro benzene ring substituents is 1. The number of aromatic nitrogens is 2. The van der Waals surface area contributed by atoms with Crippen LogP contribution >= 0.6 is 0 Å². The lowest BCUT2D eigenvalue weighted by Crippen LogP contribution is -2.23. The topological polar surface area (TPSA) is 90.1 Å². The molecule has 7 heteroatoms. The highest BCUT2D eigenvalue weighted by Crippen LogP contribution is 2.21. The molecule has 26 heavy (non-hydrogen) atoms. The highest BCUT2D eigenvalue weighted by Gasteiger charge is 2.17. The van der Waals surface area contributed by atoms with Crippen molar-refractivity contribution in [2.24, 2.45) is 0 Å². The van der Waals surface area contributed by atoms with Crippen LogP contribution in [-0.4, -0.2) is 20.4 Å². The molecule has 3 rings (SSSR count). The highest BCUT2D eigenvalue weighted by molar-refractivity contribution is 5.96. The molecule has 1 N–H and O–H groups in total. The molecule has 0 fully saturated rings. The molecule has 132 valence electrons. The summed E-state index contributed by atoms with van der Waals surface area (Å²) in [5.41, 5.74) is 2.54. The van der Waals surface area contributed by atoms with Crippen LogP contribution in [0.1, 0.15) is 27.3 Å². The predicted molar refractivity (Wildman–Crippen MR) is 97.3 cm³/mol. The number of carbonyl (C=O) groups excluding carboxylic acids is 1.